The number of aromatic nitrogens is 1. The second-order valence-electron chi connectivity index (χ2n) is 8.20. The lowest BCUT2D eigenvalue weighted by atomic mass is 10.1. The van der Waals surface area contributed by atoms with Gasteiger partial charge in [-0.3, -0.25) is 9.69 Å². The lowest BCUT2D eigenvalue weighted by molar-refractivity contribution is -0.202. The maximum absolute atomic E-state index is 12.2. The van der Waals surface area contributed by atoms with Crippen molar-refractivity contribution in [2.24, 2.45) is 0 Å². The molecule has 0 amide bonds. The third-order valence-electron chi connectivity index (χ3n) is 5.79. The minimum absolute atomic E-state index is 0.166. The van der Waals surface area contributed by atoms with Gasteiger partial charge in [0.1, 0.15) is 5.75 Å². The number of esters is 2. The quantitative estimate of drug-likeness (QED) is 0.377. The lowest BCUT2D eigenvalue weighted by Crippen LogP contribution is -2.39. The summed E-state index contributed by atoms with van der Waals surface area (Å²) in [5.74, 6) is -2.96. The Kier molecular flexibility index (Phi) is 7.72. The Hall–Kier alpha value is -3.37. The number of fused-ring (bicyclic) bond motifs is 1. The monoisotopic (exact) mass is 490 g/mol. The van der Waals surface area contributed by atoms with Crippen molar-refractivity contribution in [1.82, 2.24) is 9.88 Å². The molecule has 0 saturated carbocycles. The van der Waals surface area contributed by atoms with Gasteiger partial charge in [0.15, 0.2) is 0 Å². The fourth-order valence-electron chi connectivity index (χ4n) is 3.96. The summed E-state index contributed by atoms with van der Waals surface area (Å²) >= 11 is 0. The van der Waals surface area contributed by atoms with Crippen molar-refractivity contribution in [1.29, 1.82) is 0 Å². The first-order valence-electron chi connectivity index (χ1n) is 11.2. The molecule has 1 aliphatic rings. The van der Waals surface area contributed by atoms with Gasteiger partial charge in [-0.1, -0.05) is 30.3 Å². The molecule has 1 saturated heterocycles. The number of morpholine rings is 1. The van der Waals surface area contributed by atoms with Crippen LogP contribution in [0.2, 0.25) is 0 Å². The van der Waals surface area contributed by atoms with Gasteiger partial charge in [0.05, 0.1) is 25.7 Å². The molecule has 2 aromatic carbocycles. The Balaban J connectivity index is 1.23. The van der Waals surface area contributed by atoms with Crippen molar-refractivity contribution in [2.75, 3.05) is 32.8 Å². The second-order valence-corrected chi connectivity index (χ2v) is 8.20. The van der Waals surface area contributed by atoms with Crippen LogP contribution in [-0.4, -0.2) is 60.8 Å². The molecule has 186 valence electrons. The number of benzene rings is 2. The normalized spacial score (nSPS) is 16.8. The molecule has 7 nitrogen and oxygen atoms in total. The van der Waals surface area contributed by atoms with Crippen LogP contribution in [0.1, 0.15) is 23.7 Å². The highest BCUT2D eigenvalue weighted by molar-refractivity contribution is 5.88. The van der Waals surface area contributed by atoms with E-state index in [4.69, 9.17) is 9.47 Å². The topological polar surface area (TPSA) is 80.9 Å². The summed E-state index contributed by atoms with van der Waals surface area (Å²) in [7, 11) is 0. The Bertz CT molecular complexity index is 1160. The van der Waals surface area contributed by atoms with Crippen LogP contribution in [0.4, 0.5) is 13.2 Å². The van der Waals surface area contributed by atoms with Crippen LogP contribution in [-0.2, 0) is 25.5 Å². The van der Waals surface area contributed by atoms with Crippen molar-refractivity contribution < 1.29 is 37.0 Å². The van der Waals surface area contributed by atoms with Crippen LogP contribution in [0.3, 0.4) is 0 Å². The molecule has 4 rings (SSSR count). The summed E-state index contributed by atoms with van der Waals surface area (Å²) in [6.07, 6.45) is -3.00. The molecule has 1 unspecified atom stereocenters. The van der Waals surface area contributed by atoms with Crippen molar-refractivity contribution in [3.63, 3.8) is 0 Å². The van der Waals surface area contributed by atoms with Gasteiger partial charge in [-0.25, -0.2) is 4.79 Å². The van der Waals surface area contributed by atoms with E-state index in [0.717, 1.165) is 23.3 Å². The maximum Gasteiger partial charge on any atom is 0.491 e. The fraction of sp³-hybridized carbons (Fsp3) is 0.360. The summed E-state index contributed by atoms with van der Waals surface area (Å²) in [5, 5.41) is 1.19. The maximum atomic E-state index is 12.2. The Morgan fingerprint density at radius 2 is 1.89 bits per heavy atom. The average molecular weight is 490 g/mol. The number of ether oxygens (including phenoxy) is 3. The van der Waals surface area contributed by atoms with Crippen molar-refractivity contribution >= 4 is 22.8 Å². The summed E-state index contributed by atoms with van der Waals surface area (Å²) in [4.78, 5) is 27.4. The van der Waals surface area contributed by atoms with E-state index in [-0.39, 0.29) is 19.1 Å². The van der Waals surface area contributed by atoms with Crippen molar-refractivity contribution in [2.45, 2.75) is 25.1 Å². The number of alkyl halides is 3. The van der Waals surface area contributed by atoms with Gasteiger partial charge in [-0.2, -0.15) is 13.2 Å². The van der Waals surface area contributed by atoms with Gasteiger partial charge >= 0.3 is 18.1 Å². The highest BCUT2D eigenvalue weighted by atomic mass is 19.4. The third-order valence-corrected chi connectivity index (χ3v) is 5.79. The van der Waals surface area contributed by atoms with Crippen LogP contribution in [0.25, 0.3) is 10.9 Å². The SMILES string of the molecule is O=C(CCN1CCOC(c2ccc(OCCc3c[nH]c4ccccc34)cc2)C1)OC(=O)C(F)(F)F. The second kappa shape index (κ2) is 10.9. The van der Waals surface area contributed by atoms with E-state index in [1.54, 1.807) is 0 Å². The van der Waals surface area contributed by atoms with Gasteiger partial charge in [0, 0.05) is 43.2 Å². The molecule has 1 fully saturated rings. The molecule has 35 heavy (non-hydrogen) atoms. The largest absolute Gasteiger partial charge is 0.493 e. The summed E-state index contributed by atoms with van der Waals surface area (Å²) in [6, 6.07) is 15.7. The number of H-pyrrole nitrogens is 1. The average Bonchev–Trinajstić information content (AvgIpc) is 3.26. The molecule has 1 aliphatic heterocycles. The zero-order chi connectivity index (χ0) is 24.8. The molecule has 3 aromatic rings. The fourth-order valence-corrected chi connectivity index (χ4v) is 3.96. The molecule has 1 aromatic heterocycles. The minimum Gasteiger partial charge on any atom is -0.493 e. The summed E-state index contributed by atoms with van der Waals surface area (Å²) < 4.78 is 52.1. The molecule has 2 heterocycles. The highest BCUT2D eigenvalue weighted by Gasteiger charge is 2.42. The summed E-state index contributed by atoms with van der Waals surface area (Å²) in [5.41, 5.74) is 3.22. The zero-order valence-corrected chi connectivity index (χ0v) is 18.8. The van der Waals surface area contributed by atoms with E-state index in [1.807, 2.05) is 53.6 Å². The van der Waals surface area contributed by atoms with Crippen LogP contribution in [0, 0.1) is 0 Å². The van der Waals surface area contributed by atoms with E-state index in [9.17, 15) is 22.8 Å². The first-order chi connectivity index (χ1) is 16.8. The molecule has 0 aliphatic carbocycles. The van der Waals surface area contributed by atoms with E-state index >= 15 is 0 Å². The molecule has 1 N–H and O–H groups in total. The van der Waals surface area contributed by atoms with Gasteiger partial charge < -0.3 is 19.2 Å². The van der Waals surface area contributed by atoms with Crippen LogP contribution >= 0.6 is 0 Å². The highest BCUT2D eigenvalue weighted by Crippen LogP contribution is 2.25. The molecule has 0 bridgehead atoms. The molecule has 0 radical (unpaired) electrons. The van der Waals surface area contributed by atoms with E-state index in [1.165, 1.54) is 10.9 Å². The first-order valence-corrected chi connectivity index (χ1v) is 11.2. The predicted octanol–water partition coefficient (Wildman–Crippen LogP) is 4.18. The van der Waals surface area contributed by atoms with Gasteiger partial charge in [-0.15, -0.1) is 0 Å². The zero-order valence-electron chi connectivity index (χ0n) is 18.8. The Labute approximate surface area is 199 Å². The number of carbonyl (C=O) groups excluding carboxylic acids is 2. The van der Waals surface area contributed by atoms with E-state index in [0.29, 0.717) is 26.3 Å². The number of rotatable bonds is 8. The number of para-hydroxylation sites is 1. The van der Waals surface area contributed by atoms with E-state index in [2.05, 4.69) is 15.8 Å². The minimum atomic E-state index is -5.19. The first kappa shape index (κ1) is 24.7. The van der Waals surface area contributed by atoms with Gasteiger partial charge in [-0.05, 0) is 29.3 Å². The molecular formula is C25H25F3N2O5. The number of halogens is 3. The number of hydrogen-bond acceptors (Lipinski definition) is 6. The van der Waals surface area contributed by atoms with E-state index < -0.39 is 18.1 Å². The number of nitrogens with zero attached hydrogens (tertiary/aromatic N) is 1. The molecule has 10 heteroatoms. The molecular weight excluding hydrogens is 465 g/mol. The number of hydrogen-bond donors (Lipinski definition) is 1. The van der Waals surface area contributed by atoms with Crippen LogP contribution < -0.4 is 4.74 Å². The Morgan fingerprint density at radius 1 is 1.11 bits per heavy atom. The smallest absolute Gasteiger partial charge is 0.491 e. The Morgan fingerprint density at radius 3 is 2.66 bits per heavy atom. The third kappa shape index (κ3) is 6.61. The molecule has 0 spiro atoms. The summed E-state index contributed by atoms with van der Waals surface area (Å²) in [6.45, 7) is 2.08. The van der Waals surface area contributed by atoms with Gasteiger partial charge in [0.25, 0.3) is 0 Å². The number of carbonyl (C=O) groups is 2. The molecule has 1 atom stereocenters. The standard InChI is InChI=1S/C25H25F3N2O5/c26-25(27,28)24(32)35-23(31)9-11-30-12-14-34-22(16-30)17-5-7-19(8-6-17)33-13-10-18-15-29-21-4-2-1-3-20(18)21/h1-8,15,22,29H,9-14,16H2. The number of aromatic amines is 1. The lowest BCUT2D eigenvalue weighted by Gasteiger charge is -2.33. The van der Waals surface area contributed by atoms with Crippen LogP contribution in [0.15, 0.2) is 54.7 Å². The number of nitrogens with one attached hydrogen (secondary N) is 1. The van der Waals surface area contributed by atoms with Gasteiger partial charge in [0.2, 0.25) is 0 Å². The van der Waals surface area contributed by atoms with Crippen molar-refractivity contribution in [3.05, 3.63) is 65.9 Å². The van der Waals surface area contributed by atoms with Crippen molar-refractivity contribution in [3.8, 4) is 5.75 Å². The van der Waals surface area contributed by atoms with Crippen LogP contribution in [0.5, 0.6) is 5.75 Å². The predicted molar refractivity (Wildman–Crippen MR) is 121 cm³/mol.